The maximum atomic E-state index is 12.9. The molecule has 1 aromatic heterocycles. The average Bonchev–Trinajstić information content (AvgIpc) is 2.63. The summed E-state index contributed by atoms with van der Waals surface area (Å²) in [6.45, 7) is 7.44. The minimum absolute atomic E-state index is 0.0439. The first-order chi connectivity index (χ1) is 12.1. The van der Waals surface area contributed by atoms with Crippen molar-refractivity contribution in [2.75, 3.05) is 13.2 Å². The van der Waals surface area contributed by atoms with E-state index in [1.165, 1.54) is 11.1 Å². The molecule has 0 radical (unpaired) electrons. The monoisotopic (exact) mass is 338 g/mol. The molecule has 1 aromatic carbocycles. The van der Waals surface area contributed by atoms with E-state index < -0.39 is 0 Å². The largest absolute Gasteiger partial charge is 0.370 e. The Bertz CT molecular complexity index is 717. The second-order valence-corrected chi connectivity index (χ2v) is 6.96. The summed E-state index contributed by atoms with van der Waals surface area (Å²) in [7, 11) is 0. The fourth-order valence-corrected chi connectivity index (χ4v) is 3.43. The van der Waals surface area contributed by atoms with Crippen LogP contribution in [-0.2, 0) is 9.53 Å². The summed E-state index contributed by atoms with van der Waals surface area (Å²) >= 11 is 0. The molecule has 2 heterocycles. The van der Waals surface area contributed by atoms with Crippen LogP contribution in [0, 0.1) is 6.92 Å². The summed E-state index contributed by atoms with van der Waals surface area (Å²) in [5.41, 5.74) is 3.54. The molecule has 0 N–H and O–H groups in total. The number of aryl methyl sites for hydroxylation is 1. The Hall–Kier alpha value is -2.20. The number of hydrogen-bond acceptors (Lipinski definition) is 3. The van der Waals surface area contributed by atoms with Crippen LogP contribution in [0.2, 0.25) is 0 Å². The van der Waals surface area contributed by atoms with Gasteiger partial charge in [0.05, 0.1) is 19.2 Å². The first-order valence-electron chi connectivity index (χ1n) is 8.92. The number of rotatable bonds is 4. The topological polar surface area (TPSA) is 42.4 Å². The van der Waals surface area contributed by atoms with Gasteiger partial charge in [0.2, 0.25) is 5.91 Å². The van der Waals surface area contributed by atoms with E-state index >= 15 is 0 Å². The minimum atomic E-state index is -0.0439. The third-order valence-corrected chi connectivity index (χ3v) is 5.04. The highest BCUT2D eigenvalue weighted by atomic mass is 16.5. The van der Waals surface area contributed by atoms with Crippen LogP contribution in [0.4, 0.5) is 0 Å². The molecular weight excluding hydrogens is 312 g/mol. The molecule has 0 unspecified atom stereocenters. The first-order valence-corrected chi connectivity index (χ1v) is 8.92. The Balaban J connectivity index is 1.69. The molecule has 4 nitrogen and oxygen atoms in total. The zero-order valence-electron chi connectivity index (χ0n) is 15.2. The highest BCUT2D eigenvalue weighted by molar-refractivity contribution is 5.77. The predicted octanol–water partition coefficient (Wildman–Crippen LogP) is 3.87. The summed E-state index contributed by atoms with van der Waals surface area (Å²) in [6.07, 6.45) is 4.02. The van der Waals surface area contributed by atoms with Crippen molar-refractivity contribution in [1.29, 1.82) is 0 Å². The van der Waals surface area contributed by atoms with E-state index in [0.717, 1.165) is 5.56 Å². The second kappa shape index (κ2) is 7.79. The molecule has 2 aromatic rings. The van der Waals surface area contributed by atoms with E-state index in [1.54, 1.807) is 12.4 Å². The van der Waals surface area contributed by atoms with Gasteiger partial charge in [-0.1, -0.05) is 31.2 Å². The van der Waals surface area contributed by atoms with Gasteiger partial charge in [-0.25, -0.2) is 0 Å². The van der Waals surface area contributed by atoms with Gasteiger partial charge in [-0.3, -0.25) is 9.78 Å². The standard InChI is InChI=1S/C21H26N2O2/c1-15-6-4-5-7-19(15)20-13-23(17(3)14-25-20)21(24)12-16(2)18-8-10-22-11-9-18/h4-11,16-17,20H,12-14H2,1-3H3/t16-,17-,20-/m0/s1. The molecule has 3 atom stereocenters. The van der Waals surface area contributed by atoms with Crippen molar-refractivity contribution in [1.82, 2.24) is 9.88 Å². The highest BCUT2D eigenvalue weighted by Crippen LogP contribution is 2.29. The van der Waals surface area contributed by atoms with Gasteiger partial charge in [0.1, 0.15) is 6.10 Å². The average molecular weight is 338 g/mol. The zero-order valence-corrected chi connectivity index (χ0v) is 15.2. The summed E-state index contributed by atoms with van der Waals surface area (Å²) in [5.74, 6) is 0.376. The lowest BCUT2D eigenvalue weighted by Gasteiger charge is -2.39. The lowest BCUT2D eigenvalue weighted by molar-refractivity contribution is -0.144. The van der Waals surface area contributed by atoms with E-state index in [0.29, 0.717) is 19.6 Å². The van der Waals surface area contributed by atoms with Gasteiger partial charge in [-0.15, -0.1) is 0 Å². The number of benzene rings is 1. The van der Waals surface area contributed by atoms with Gasteiger partial charge in [-0.2, -0.15) is 0 Å². The molecule has 1 saturated heterocycles. The number of aromatic nitrogens is 1. The summed E-state index contributed by atoms with van der Waals surface area (Å²) < 4.78 is 6.02. The van der Waals surface area contributed by atoms with Crippen LogP contribution in [0.5, 0.6) is 0 Å². The van der Waals surface area contributed by atoms with Crippen molar-refractivity contribution in [2.24, 2.45) is 0 Å². The van der Waals surface area contributed by atoms with Crippen molar-refractivity contribution in [3.8, 4) is 0 Å². The van der Waals surface area contributed by atoms with E-state index in [2.05, 4.69) is 37.9 Å². The number of pyridine rings is 1. The van der Waals surface area contributed by atoms with Crippen LogP contribution in [0.1, 0.15) is 49.0 Å². The quantitative estimate of drug-likeness (QED) is 0.850. The van der Waals surface area contributed by atoms with Gasteiger partial charge in [0, 0.05) is 18.8 Å². The van der Waals surface area contributed by atoms with Crippen molar-refractivity contribution in [2.45, 2.75) is 45.3 Å². The van der Waals surface area contributed by atoms with Crippen LogP contribution in [0.3, 0.4) is 0 Å². The smallest absolute Gasteiger partial charge is 0.223 e. The second-order valence-electron chi connectivity index (χ2n) is 6.96. The minimum Gasteiger partial charge on any atom is -0.370 e. The molecule has 132 valence electrons. The molecule has 4 heteroatoms. The molecule has 0 bridgehead atoms. The molecule has 1 aliphatic heterocycles. The van der Waals surface area contributed by atoms with Gasteiger partial charge < -0.3 is 9.64 Å². The van der Waals surface area contributed by atoms with Gasteiger partial charge in [0.15, 0.2) is 0 Å². The Morgan fingerprint density at radius 3 is 2.72 bits per heavy atom. The zero-order chi connectivity index (χ0) is 17.8. The SMILES string of the molecule is Cc1ccccc1[C@@H]1CN(C(=O)C[C@H](C)c2ccncc2)[C@@H](C)CO1. The molecule has 1 amide bonds. The Morgan fingerprint density at radius 2 is 2.00 bits per heavy atom. The van der Waals surface area contributed by atoms with Crippen molar-refractivity contribution in [3.05, 3.63) is 65.5 Å². The summed E-state index contributed by atoms with van der Waals surface area (Å²) in [4.78, 5) is 18.9. The maximum absolute atomic E-state index is 12.9. The van der Waals surface area contributed by atoms with Crippen LogP contribution in [0.15, 0.2) is 48.8 Å². The lowest BCUT2D eigenvalue weighted by Crippen LogP contribution is -2.48. The van der Waals surface area contributed by atoms with Gasteiger partial charge in [0.25, 0.3) is 0 Å². The maximum Gasteiger partial charge on any atom is 0.223 e. The van der Waals surface area contributed by atoms with E-state index in [-0.39, 0.29) is 24.0 Å². The van der Waals surface area contributed by atoms with E-state index in [1.807, 2.05) is 29.2 Å². The fraction of sp³-hybridized carbons (Fsp3) is 0.429. The molecule has 1 fully saturated rings. The molecule has 0 saturated carbocycles. The number of morpholine rings is 1. The highest BCUT2D eigenvalue weighted by Gasteiger charge is 2.31. The third kappa shape index (κ3) is 4.07. The molecular formula is C21H26N2O2. The Kier molecular flexibility index (Phi) is 5.49. The number of carbonyl (C=O) groups excluding carboxylic acids is 1. The van der Waals surface area contributed by atoms with E-state index in [9.17, 15) is 4.79 Å². The van der Waals surface area contributed by atoms with Crippen molar-refractivity contribution < 1.29 is 9.53 Å². The Morgan fingerprint density at radius 1 is 1.28 bits per heavy atom. The normalized spacial score (nSPS) is 21.8. The Labute approximate surface area is 149 Å². The predicted molar refractivity (Wildman–Crippen MR) is 98.3 cm³/mol. The summed E-state index contributed by atoms with van der Waals surface area (Å²) in [5, 5.41) is 0. The number of hydrogen-bond donors (Lipinski definition) is 0. The summed E-state index contributed by atoms with van der Waals surface area (Å²) in [6, 6.07) is 12.3. The number of amides is 1. The number of ether oxygens (including phenoxy) is 1. The lowest BCUT2D eigenvalue weighted by atomic mass is 9.96. The first kappa shape index (κ1) is 17.6. The molecule has 0 aliphatic carbocycles. The van der Waals surface area contributed by atoms with Gasteiger partial charge in [-0.05, 0) is 48.6 Å². The van der Waals surface area contributed by atoms with E-state index in [4.69, 9.17) is 4.74 Å². The number of nitrogens with zero attached hydrogens (tertiary/aromatic N) is 2. The molecule has 25 heavy (non-hydrogen) atoms. The van der Waals surface area contributed by atoms with Crippen LogP contribution < -0.4 is 0 Å². The van der Waals surface area contributed by atoms with Crippen molar-refractivity contribution >= 4 is 5.91 Å². The molecule has 3 rings (SSSR count). The van der Waals surface area contributed by atoms with Crippen LogP contribution >= 0.6 is 0 Å². The molecule has 1 aliphatic rings. The fourth-order valence-electron chi connectivity index (χ4n) is 3.43. The van der Waals surface area contributed by atoms with Crippen molar-refractivity contribution in [3.63, 3.8) is 0 Å². The van der Waals surface area contributed by atoms with Crippen LogP contribution in [-0.4, -0.2) is 35.0 Å². The third-order valence-electron chi connectivity index (χ3n) is 5.04. The van der Waals surface area contributed by atoms with Gasteiger partial charge >= 0.3 is 0 Å². The number of carbonyl (C=O) groups is 1. The molecule has 0 spiro atoms. The van der Waals surface area contributed by atoms with Crippen LogP contribution in [0.25, 0.3) is 0 Å².